The molecule has 2 aromatic carbocycles. The Hall–Kier alpha value is -3.68. The molecule has 1 aromatic heterocycles. The van der Waals surface area contributed by atoms with Gasteiger partial charge in [-0.3, -0.25) is 9.59 Å². The number of amides is 2. The molecule has 3 aromatic rings. The lowest BCUT2D eigenvalue weighted by Crippen LogP contribution is -2.44. The number of rotatable bonds is 7. The lowest BCUT2D eigenvalue weighted by Gasteiger charge is -2.13. The topological polar surface area (TPSA) is 93.5 Å². The Morgan fingerprint density at radius 2 is 1.83 bits per heavy atom. The van der Waals surface area contributed by atoms with E-state index in [1.807, 2.05) is 0 Å². The molecule has 3 rings (SSSR count). The van der Waals surface area contributed by atoms with Crippen molar-refractivity contribution in [2.45, 2.75) is 19.5 Å². The number of nitrogens with zero attached hydrogens (tertiary/aromatic N) is 1. The highest BCUT2D eigenvalue weighted by Crippen LogP contribution is 2.23. The van der Waals surface area contributed by atoms with Crippen molar-refractivity contribution in [1.29, 1.82) is 0 Å². The van der Waals surface area contributed by atoms with Gasteiger partial charge in [0.2, 0.25) is 5.91 Å². The summed E-state index contributed by atoms with van der Waals surface area (Å²) >= 11 is 0. The maximum absolute atomic E-state index is 12.9. The van der Waals surface area contributed by atoms with E-state index in [4.69, 9.17) is 9.26 Å². The second kappa shape index (κ2) is 9.01. The largest absolute Gasteiger partial charge is 0.497 e. The number of carbonyl (C=O) groups excluding carboxylic acids is 2. The van der Waals surface area contributed by atoms with Gasteiger partial charge in [0, 0.05) is 18.2 Å². The summed E-state index contributed by atoms with van der Waals surface area (Å²) in [6.07, 6.45) is 0. The van der Waals surface area contributed by atoms with E-state index in [-0.39, 0.29) is 24.0 Å². The number of aromatic nitrogens is 1. The molecule has 0 aliphatic carbocycles. The Bertz CT molecular complexity index is 984. The molecule has 0 aliphatic rings. The van der Waals surface area contributed by atoms with E-state index in [2.05, 4.69) is 15.8 Å². The smallest absolute Gasteiger partial charge is 0.274 e. The van der Waals surface area contributed by atoms with Crippen molar-refractivity contribution < 1.29 is 23.2 Å². The number of halogens is 1. The summed E-state index contributed by atoms with van der Waals surface area (Å²) in [7, 11) is 1.57. The molecular weight excluding hydrogens is 377 g/mol. The number of methoxy groups -OCH3 is 1. The SMILES string of the molecule is COc1ccc(-c2cc(C(=O)N[C@H](C)C(=O)NCc3ccc(F)cc3)no2)cc1. The van der Waals surface area contributed by atoms with Gasteiger partial charge in [0.25, 0.3) is 5.91 Å². The molecule has 0 radical (unpaired) electrons. The van der Waals surface area contributed by atoms with E-state index >= 15 is 0 Å². The average Bonchev–Trinajstić information content (AvgIpc) is 3.23. The molecule has 150 valence electrons. The Morgan fingerprint density at radius 3 is 2.48 bits per heavy atom. The zero-order valence-corrected chi connectivity index (χ0v) is 15.9. The van der Waals surface area contributed by atoms with Gasteiger partial charge >= 0.3 is 0 Å². The van der Waals surface area contributed by atoms with Crippen LogP contribution in [0.5, 0.6) is 5.75 Å². The van der Waals surface area contributed by atoms with Crippen LogP contribution in [0.25, 0.3) is 11.3 Å². The zero-order valence-electron chi connectivity index (χ0n) is 15.9. The van der Waals surface area contributed by atoms with Crippen molar-refractivity contribution in [3.8, 4) is 17.1 Å². The highest BCUT2D eigenvalue weighted by molar-refractivity contribution is 5.96. The first-order chi connectivity index (χ1) is 14.0. The van der Waals surface area contributed by atoms with Crippen molar-refractivity contribution in [3.05, 3.63) is 71.7 Å². The van der Waals surface area contributed by atoms with Crippen LogP contribution in [0.2, 0.25) is 0 Å². The van der Waals surface area contributed by atoms with E-state index in [9.17, 15) is 14.0 Å². The third-order valence-corrected chi connectivity index (χ3v) is 4.24. The Labute approximate surface area is 166 Å². The summed E-state index contributed by atoms with van der Waals surface area (Å²) in [5.74, 6) is -0.125. The van der Waals surface area contributed by atoms with E-state index in [1.165, 1.54) is 18.2 Å². The lowest BCUT2D eigenvalue weighted by molar-refractivity contribution is -0.122. The number of ether oxygens (including phenoxy) is 1. The minimum atomic E-state index is -0.788. The van der Waals surface area contributed by atoms with Crippen molar-refractivity contribution in [2.24, 2.45) is 0 Å². The quantitative estimate of drug-likeness (QED) is 0.639. The fourth-order valence-electron chi connectivity index (χ4n) is 2.55. The molecule has 2 amide bonds. The van der Waals surface area contributed by atoms with Crippen LogP contribution in [0.15, 0.2) is 59.1 Å². The van der Waals surface area contributed by atoms with E-state index in [0.717, 1.165) is 11.1 Å². The maximum atomic E-state index is 12.9. The number of carbonyl (C=O) groups is 2. The van der Waals surface area contributed by atoms with Crippen LogP contribution in [0.3, 0.4) is 0 Å². The normalized spacial score (nSPS) is 11.6. The number of hydrogen-bond acceptors (Lipinski definition) is 5. The fraction of sp³-hybridized carbons (Fsp3) is 0.190. The van der Waals surface area contributed by atoms with Gasteiger partial charge < -0.3 is 19.9 Å². The molecule has 29 heavy (non-hydrogen) atoms. The Balaban J connectivity index is 1.55. The Morgan fingerprint density at radius 1 is 1.14 bits per heavy atom. The summed E-state index contributed by atoms with van der Waals surface area (Å²) in [6, 6.07) is 13.6. The molecule has 8 heteroatoms. The predicted octanol–water partition coefficient (Wildman–Crippen LogP) is 2.92. The van der Waals surface area contributed by atoms with Crippen LogP contribution in [0.1, 0.15) is 23.0 Å². The average molecular weight is 397 g/mol. The third kappa shape index (κ3) is 5.19. The van der Waals surface area contributed by atoms with Crippen molar-refractivity contribution in [2.75, 3.05) is 7.11 Å². The highest BCUT2D eigenvalue weighted by Gasteiger charge is 2.19. The third-order valence-electron chi connectivity index (χ3n) is 4.24. The van der Waals surface area contributed by atoms with Crippen molar-refractivity contribution >= 4 is 11.8 Å². The lowest BCUT2D eigenvalue weighted by atomic mass is 10.1. The van der Waals surface area contributed by atoms with Crippen LogP contribution >= 0.6 is 0 Å². The van der Waals surface area contributed by atoms with E-state index < -0.39 is 11.9 Å². The van der Waals surface area contributed by atoms with E-state index in [0.29, 0.717) is 11.5 Å². The molecule has 0 fully saturated rings. The van der Waals surface area contributed by atoms with Gasteiger partial charge in [-0.2, -0.15) is 0 Å². The van der Waals surface area contributed by atoms with Gasteiger partial charge in [-0.1, -0.05) is 17.3 Å². The monoisotopic (exact) mass is 397 g/mol. The summed E-state index contributed by atoms with van der Waals surface area (Å²) in [5, 5.41) is 9.02. The molecule has 0 saturated carbocycles. The van der Waals surface area contributed by atoms with E-state index in [1.54, 1.807) is 50.4 Å². The Kier molecular flexibility index (Phi) is 6.23. The standard InChI is InChI=1S/C21H20FN3O4/c1-13(20(26)23-12-14-3-7-16(22)8-4-14)24-21(27)18-11-19(29-25-18)15-5-9-17(28-2)10-6-15/h3-11,13H,12H2,1-2H3,(H,23,26)(H,24,27)/t13-/m1/s1. The molecular formula is C21H20FN3O4. The number of benzene rings is 2. The molecule has 2 N–H and O–H groups in total. The van der Waals surface area contributed by atoms with Gasteiger partial charge in [-0.15, -0.1) is 0 Å². The summed E-state index contributed by atoms with van der Waals surface area (Å²) in [5.41, 5.74) is 1.55. The van der Waals surface area contributed by atoms with Crippen LogP contribution in [-0.2, 0) is 11.3 Å². The second-order valence-corrected chi connectivity index (χ2v) is 6.34. The molecule has 1 atom stereocenters. The summed E-state index contributed by atoms with van der Waals surface area (Å²) in [4.78, 5) is 24.5. The molecule has 0 aliphatic heterocycles. The van der Waals surface area contributed by atoms with Crippen molar-refractivity contribution in [3.63, 3.8) is 0 Å². The highest BCUT2D eigenvalue weighted by atomic mass is 19.1. The van der Waals surface area contributed by atoms with Crippen LogP contribution < -0.4 is 15.4 Å². The van der Waals surface area contributed by atoms with Gasteiger partial charge in [0.1, 0.15) is 17.6 Å². The zero-order chi connectivity index (χ0) is 20.8. The number of hydrogen-bond donors (Lipinski definition) is 2. The van der Waals surface area contributed by atoms with Crippen LogP contribution in [-0.4, -0.2) is 30.1 Å². The molecule has 0 spiro atoms. The van der Waals surface area contributed by atoms with Gasteiger partial charge in [0.05, 0.1) is 7.11 Å². The first-order valence-corrected chi connectivity index (χ1v) is 8.90. The van der Waals surface area contributed by atoms with Crippen molar-refractivity contribution in [1.82, 2.24) is 15.8 Å². The molecule has 7 nitrogen and oxygen atoms in total. The maximum Gasteiger partial charge on any atom is 0.274 e. The van der Waals surface area contributed by atoms with Crippen LogP contribution in [0.4, 0.5) is 4.39 Å². The first-order valence-electron chi connectivity index (χ1n) is 8.90. The predicted molar refractivity (Wildman–Crippen MR) is 104 cm³/mol. The molecule has 0 unspecified atom stereocenters. The fourth-order valence-corrected chi connectivity index (χ4v) is 2.55. The number of nitrogens with one attached hydrogen (secondary N) is 2. The first kappa shape index (κ1) is 20.1. The van der Waals surface area contributed by atoms with Gasteiger partial charge in [0.15, 0.2) is 11.5 Å². The minimum Gasteiger partial charge on any atom is -0.497 e. The molecule has 0 saturated heterocycles. The minimum absolute atomic E-state index is 0.0639. The second-order valence-electron chi connectivity index (χ2n) is 6.34. The molecule has 0 bridgehead atoms. The van der Waals surface area contributed by atoms with Crippen LogP contribution in [0, 0.1) is 5.82 Å². The van der Waals surface area contributed by atoms with Gasteiger partial charge in [-0.05, 0) is 48.9 Å². The molecule has 1 heterocycles. The summed E-state index contributed by atoms with van der Waals surface area (Å²) in [6.45, 7) is 1.78. The summed E-state index contributed by atoms with van der Waals surface area (Å²) < 4.78 is 23.2. The van der Waals surface area contributed by atoms with Gasteiger partial charge in [-0.25, -0.2) is 4.39 Å².